The predicted molar refractivity (Wildman–Crippen MR) is 85.2 cm³/mol. The molecule has 0 aliphatic carbocycles. The maximum absolute atomic E-state index is 10.4. The van der Waals surface area contributed by atoms with Crippen LogP contribution in [0.5, 0.6) is 0 Å². The smallest absolute Gasteiger partial charge is 0.0621 e. The molecule has 0 heterocycles. The molecule has 2 aromatic rings. The van der Waals surface area contributed by atoms with E-state index in [-0.39, 0.29) is 6.10 Å². The predicted octanol–water partition coefficient (Wildman–Crippen LogP) is 4.07. The monoisotopic (exact) mass is 268 g/mol. The van der Waals surface area contributed by atoms with Crippen molar-refractivity contribution >= 4 is 0 Å². The second kappa shape index (κ2) is 6.23. The van der Waals surface area contributed by atoms with Crippen LogP contribution in [0.1, 0.15) is 33.4 Å². The third kappa shape index (κ3) is 3.29. The van der Waals surface area contributed by atoms with Crippen LogP contribution in [-0.2, 0) is 12.8 Å². The van der Waals surface area contributed by atoms with Crippen LogP contribution in [0.4, 0.5) is 0 Å². The highest BCUT2D eigenvalue weighted by Gasteiger charge is 2.11. The van der Waals surface area contributed by atoms with Crippen molar-refractivity contribution in [2.75, 3.05) is 0 Å². The molecule has 0 aliphatic rings. The van der Waals surface area contributed by atoms with Crippen LogP contribution in [0.3, 0.4) is 0 Å². The van der Waals surface area contributed by atoms with E-state index in [1.54, 1.807) is 0 Å². The van der Waals surface area contributed by atoms with Crippen LogP contribution in [0.25, 0.3) is 0 Å². The Hall–Kier alpha value is -1.60. The number of benzene rings is 2. The molecule has 2 rings (SSSR count). The van der Waals surface area contributed by atoms with Gasteiger partial charge in [0.25, 0.3) is 0 Å². The fourth-order valence-electron chi connectivity index (χ4n) is 2.65. The van der Waals surface area contributed by atoms with Gasteiger partial charge < -0.3 is 5.11 Å². The number of hydrogen-bond acceptors (Lipinski definition) is 1. The molecule has 1 nitrogen and oxygen atoms in total. The highest BCUT2D eigenvalue weighted by molar-refractivity contribution is 5.35. The quantitative estimate of drug-likeness (QED) is 0.886. The summed E-state index contributed by atoms with van der Waals surface area (Å²) in [6, 6.07) is 12.6. The van der Waals surface area contributed by atoms with Crippen molar-refractivity contribution in [2.45, 2.75) is 46.6 Å². The number of aliphatic hydroxyl groups is 1. The Morgan fingerprint density at radius 3 is 1.55 bits per heavy atom. The lowest BCUT2D eigenvalue weighted by molar-refractivity contribution is 0.175. The van der Waals surface area contributed by atoms with Crippen molar-refractivity contribution in [3.05, 3.63) is 69.8 Å². The first kappa shape index (κ1) is 14.8. The second-order valence-electron chi connectivity index (χ2n) is 5.78. The average molecular weight is 268 g/mol. The molecule has 0 aromatic heterocycles. The first-order valence-corrected chi connectivity index (χ1v) is 7.27. The lowest BCUT2D eigenvalue weighted by atomic mass is 9.93. The molecule has 1 heteroatoms. The van der Waals surface area contributed by atoms with E-state index in [1.165, 1.54) is 33.4 Å². The van der Waals surface area contributed by atoms with Gasteiger partial charge in [-0.1, -0.05) is 36.4 Å². The minimum atomic E-state index is -0.323. The summed E-state index contributed by atoms with van der Waals surface area (Å²) in [5.41, 5.74) is 7.69. The molecule has 0 bridgehead atoms. The molecule has 0 saturated heterocycles. The van der Waals surface area contributed by atoms with Crippen LogP contribution >= 0.6 is 0 Å². The van der Waals surface area contributed by atoms with E-state index in [9.17, 15) is 5.11 Å². The summed E-state index contributed by atoms with van der Waals surface area (Å²) in [4.78, 5) is 0. The average Bonchev–Trinajstić information content (AvgIpc) is 2.40. The minimum absolute atomic E-state index is 0.323. The zero-order chi connectivity index (χ0) is 14.7. The van der Waals surface area contributed by atoms with Gasteiger partial charge in [0, 0.05) is 0 Å². The Balaban J connectivity index is 2.11. The van der Waals surface area contributed by atoms with Crippen LogP contribution in [0.2, 0.25) is 0 Å². The molecule has 20 heavy (non-hydrogen) atoms. The summed E-state index contributed by atoms with van der Waals surface area (Å²) in [7, 11) is 0. The highest BCUT2D eigenvalue weighted by Crippen LogP contribution is 2.18. The number of hydrogen-bond donors (Lipinski definition) is 1. The second-order valence-corrected chi connectivity index (χ2v) is 5.78. The molecule has 2 aromatic carbocycles. The SMILES string of the molecule is Cc1cccc(CC(O)Cc2cccc(C)c2C)c1C. The Bertz CT molecular complexity index is 545. The summed E-state index contributed by atoms with van der Waals surface area (Å²) >= 11 is 0. The van der Waals surface area contributed by atoms with Gasteiger partial charge in [0.15, 0.2) is 0 Å². The lowest BCUT2D eigenvalue weighted by Crippen LogP contribution is -2.15. The van der Waals surface area contributed by atoms with Gasteiger partial charge in [0.05, 0.1) is 6.10 Å². The van der Waals surface area contributed by atoms with E-state index in [0.717, 1.165) is 12.8 Å². The van der Waals surface area contributed by atoms with Crippen LogP contribution in [-0.4, -0.2) is 11.2 Å². The fraction of sp³-hybridized carbons (Fsp3) is 0.368. The van der Waals surface area contributed by atoms with Crippen molar-refractivity contribution in [3.8, 4) is 0 Å². The van der Waals surface area contributed by atoms with Gasteiger partial charge >= 0.3 is 0 Å². The molecule has 0 spiro atoms. The minimum Gasteiger partial charge on any atom is -0.392 e. The Kier molecular flexibility index (Phi) is 4.61. The lowest BCUT2D eigenvalue weighted by Gasteiger charge is -2.16. The van der Waals surface area contributed by atoms with Gasteiger partial charge in [-0.15, -0.1) is 0 Å². The molecule has 106 valence electrons. The molecule has 0 aliphatic heterocycles. The van der Waals surface area contributed by atoms with E-state index >= 15 is 0 Å². The van der Waals surface area contributed by atoms with Crippen molar-refractivity contribution in [2.24, 2.45) is 0 Å². The number of aliphatic hydroxyl groups excluding tert-OH is 1. The molecular formula is C19H24O. The van der Waals surface area contributed by atoms with Crippen LogP contribution in [0, 0.1) is 27.7 Å². The summed E-state index contributed by atoms with van der Waals surface area (Å²) < 4.78 is 0. The number of rotatable bonds is 4. The van der Waals surface area contributed by atoms with Gasteiger partial charge in [-0.05, 0) is 73.9 Å². The largest absolute Gasteiger partial charge is 0.392 e. The standard InChI is InChI=1S/C19H24O/c1-13-7-5-9-17(15(13)3)11-19(20)12-18-10-6-8-14(2)16(18)4/h5-10,19-20H,11-12H2,1-4H3. The first-order chi connectivity index (χ1) is 9.49. The Morgan fingerprint density at radius 2 is 1.15 bits per heavy atom. The van der Waals surface area contributed by atoms with Gasteiger partial charge in [0.1, 0.15) is 0 Å². The van der Waals surface area contributed by atoms with E-state index in [1.807, 2.05) is 0 Å². The Morgan fingerprint density at radius 1 is 0.750 bits per heavy atom. The van der Waals surface area contributed by atoms with Gasteiger partial charge in [-0.25, -0.2) is 0 Å². The molecule has 0 saturated carbocycles. The number of aryl methyl sites for hydroxylation is 2. The third-order valence-electron chi connectivity index (χ3n) is 4.34. The van der Waals surface area contributed by atoms with Crippen molar-refractivity contribution in [3.63, 3.8) is 0 Å². The van der Waals surface area contributed by atoms with Crippen LogP contribution in [0.15, 0.2) is 36.4 Å². The summed E-state index contributed by atoms with van der Waals surface area (Å²) in [6.45, 7) is 8.51. The molecule has 0 radical (unpaired) electrons. The third-order valence-corrected chi connectivity index (χ3v) is 4.34. The molecule has 0 atom stereocenters. The molecule has 0 amide bonds. The van der Waals surface area contributed by atoms with E-state index < -0.39 is 0 Å². The normalized spacial score (nSPS) is 11.1. The van der Waals surface area contributed by atoms with Gasteiger partial charge in [-0.2, -0.15) is 0 Å². The fourth-order valence-corrected chi connectivity index (χ4v) is 2.65. The highest BCUT2D eigenvalue weighted by atomic mass is 16.3. The van der Waals surface area contributed by atoms with E-state index in [0.29, 0.717) is 0 Å². The summed E-state index contributed by atoms with van der Waals surface area (Å²) in [5, 5.41) is 10.4. The van der Waals surface area contributed by atoms with E-state index in [4.69, 9.17) is 0 Å². The molecule has 0 fully saturated rings. The zero-order valence-electron chi connectivity index (χ0n) is 12.9. The summed E-state index contributed by atoms with van der Waals surface area (Å²) in [6.07, 6.45) is 1.12. The first-order valence-electron chi connectivity index (χ1n) is 7.27. The molecule has 0 unspecified atom stereocenters. The summed E-state index contributed by atoms with van der Waals surface area (Å²) in [5.74, 6) is 0. The molecule has 1 N–H and O–H groups in total. The maximum Gasteiger partial charge on any atom is 0.0621 e. The van der Waals surface area contributed by atoms with Crippen molar-refractivity contribution < 1.29 is 5.11 Å². The van der Waals surface area contributed by atoms with Crippen LogP contribution < -0.4 is 0 Å². The maximum atomic E-state index is 10.4. The topological polar surface area (TPSA) is 20.2 Å². The van der Waals surface area contributed by atoms with Gasteiger partial charge in [0.2, 0.25) is 0 Å². The molecular weight excluding hydrogens is 244 g/mol. The van der Waals surface area contributed by atoms with Crippen molar-refractivity contribution in [1.82, 2.24) is 0 Å². The van der Waals surface area contributed by atoms with E-state index in [2.05, 4.69) is 64.1 Å². The zero-order valence-corrected chi connectivity index (χ0v) is 12.9. The Labute approximate surface area is 122 Å². The van der Waals surface area contributed by atoms with Crippen molar-refractivity contribution in [1.29, 1.82) is 0 Å². The van der Waals surface area contributed by atoms with Gasteiger partial charge in [-0.3, -0.25) is 0 Å².